The van der Waals surface area contributed by atoms with E-state index in [1.54, 1.807) is 12.3 Å². The normalized spacial score (nSPS) is 19.2. The largest absolute Gasteiger partial charge is 0.446 e. The number of thiazole rings is 1. The average molecular weight is 682 g/mol. The van der Waals surface area contributed by atoms with Gasteiger partial charge in [0.15, 0.2) is 5.69 Å². The van der Waals surface area contributed by atoms with Gasteiger partial charge in [-0.1, -0.05) is 62.4 Å². The molecule has 12 nitrogen and oxygen atoms in total. The third kappa shape index (κ3) is 8.23. The molecule has 0 fully saturated rings. The Morgan fingerprint density at radius 3 is 2.53 bits per heavy atom. The van der Waals surface area contributed by atoms with Gasteiger partial charge in [-0.15, -0.1) is 11.3 Å². The van der Waals surface area contributed by atoms with Crippen molar-refractivity contribution in [3.8, 4) is 0 Å². The van der Waals surface area contributed by atoms with Gasteiger partial charge < -0.3 is 30.3 Å². The average Bonchev–Trinajstić information content (AvgIpc) is 3.85. The number of carbonyl (C=O) groups excluding carboxylic acids is 4. The Morgan fingerprint density at radius 1 is 0.980 bits per heavy atom. The smallest absolute Gasteiger partial charge is 0.273 e. The molecule has 0 aliphatic carbocycles. The maximum absolute atomic E-state index is 14.1. The van der Waals surface area contributed by atoms with Crippen LogP contribution in [0.25, 0.3) is 10.9 Å². The number of para-hydroxylation sites is 1. The zero-order chi connectivity index (χ0) is 34.5. The van der Waals surface area contributed by atoms with Crippen LogP contribution in [-0.4, -0.2) is 62.6 Å². The summed E-state index contributed by atoms with van der Waals surface area (Å²) in [5, 5.41) is 12.0. The molecule has 3 aromatic heterocycles. The number of aromatic nitrogens is 3. The van der Waals surface area contributed by atoms with Crippen LogP contribution in [0.15, 0.2) is 76.9 Å². The van der Waals surface area contributed by atoms with Crippen molar-refractivity contribution in [2.24, 2.45) is 5.92 Å². The van der Waals surface area contributed by atoms with Gasteiger partial charge in [0.2, 0.25) is 17.7 Å². The Hall–Kier alpha value is -5.30. The molecule has 254 valence electrons. The second-order valence-electron chi connectivity index (χ2n) is 12.8. The number of carbonyl (C=O) groups is 4. The quantitative estimate of drug-likeness (QED) is 0.201. The van der Waals surface area contributed by atoms with E-state index in [-0.39, 0.29) is 54.5 Å². The first-order valence-corrected chi connectivity index (χ1v) is 17.2. The first-order chi connectivity index (χ1) is 23.6. The zero-order valence-corrected chi connectivity index (χ0v) is 28.4. The van der Waals surface area contributed by atoms with Gasteiger partial charge >= 0.3 is 0 Å². The van der Waals surface area contributed by atoms with Gasteiger partial charge in [0, 0.05) is 35.1 Å². The molecule has 4 heterocycles. The third-order valence-electron chi connectivity index (χ3n) is 8.38. The van der Waals surface area contributed by atoms with Crippen molar-refractivity contribution >= 4 is 45.9 Å². The lowest BCUT2D eigenvalue weighted by molar-refractivity contribution is -0.136. The van der Waals surface area contributed by atoms with Crippen LogP contribution in [0, 0.1) is 5.92 Å². The van der Waals surface area contributed by atoms with Gasteiger partial charge in [0.05, 0.1) is 19.0 Å². The molecule has 0 spiro atoms. The number of oxazole rings is 1. The Kier molecular flexibility index (Phi) is 10.2. The SMILES string of the molecule is CC(C)C[C@@H]1CN(C(=O)Cc2c[nH]c3ccccc23)CC(=O)N[C@H](Cc2ccccc2)c2nc(cs2)C(=O)N[C@H](C)c2nc(co2)C(=O)N1. The second-order valence-corrected chi connectivity index (χ2v) is 13.6. The van der Waals surface area contributed by atoms with Crippen LogP contribution in [0.1, 0.15) is 82.3 Å². The molecule has 2 aromatic carbocycles. The van der Waals surface area contributed by atoms with Crippen molar-refractivity contribution in [1.29, 1.82) is 0 Å². The first kappa shape index (κ1) is 33.6. The molecule has 0 saturated heterocycles. The summed E-state index contributed by atoms with van der Waals surface area (Å²) in [5.74, 6) is -1.25. The van der Waals surface area contributed by atoms with Crippen LogP contribution in [0.3, 0.4) is 0 Å². The number of amides is 4. The number of fused-ring (bicyclic) bond motifs is 5. The summed E-state index contributed by atoms with van der Waals surface area (Å²) in [4.78, 5) is 68.2. The summed E-state index contributed by atoms with van der Waals surface area (Å²) in [6.07, 6.45) is 4.08. The summed E-state index contributed by atoms with van der Waals surface area (Å²) in [6, 6.07) is 15.7. The van der Waals surface area contributed by atoms with Gasteiger partial charge in [-0.2, -0.15) is 0 Å². The molecule has 0 saturated carbocycles. The fraction of sp³-hybridized carbons (Fsp3) is 0.333. The molecule has 4 bridgehead atoms. The van der Waals surface area contributed by atoms with Gasteiger partial charge in [-0.05, 0) is 42.9 Å². The number of H-pyrrole nitrogens is 1. The van der Waals surface area contributed by atoms with Crippen molar-refractivity contribution in [2.45, 2.75) is 58.2 Å². The predicted octanol–water partition coefficient (Wildman–Crippen LogP) is 4.73. The van der Waals surface area contributed by atoms with Gasteiger partial charge in [-0.3, -0.25) is 19.2 Å². The molecule has 1 aliphatic heterocycles. The number of nitrogens with one attached hydrogen (secondary N) is 4. The molecular formula is C36H39N7O5S. The van der Waals surface area contributed by atoms with E-state index >= 15 is 0 Å². The van der Waals surface area contributed by atoms with Crippen molar-refractivity contribution in [3.05, 3.63) is 106 Å². The zero-order valence-electron chi connectivity index (χ0n) is 27.6. The van der Waals surface area contributed by atoms with E-state index in [4.69, 9.17) is 4.42 Å². The Bertz CT molecular complexity index is 1950. The van der Waals surface area contributed by atoms with E-state index in [0.29, 0.717) is 17.8 Å². The predicted molar refractivity (Wildman–Crippen MR) is 185 cm³/mol. The fourth-order valence-electron chi connectivity index (χ4n) is 6.02. The monoisotopic (exact) mass is 681 g/mol. The highest BCUT2D eigenvalue weighted by molar-refractivity contribution is 7.09. The lowest BCUT2D eigenvalue weighted by Crippen LogP contribution is -2.50. The van der Waals surface area contributed by atoms with Crippen molar-refractivity contribution in [1.82, 2.24) is 35.8 Å². The minimum atomic E-state index is -0.651. The van der Waals surface area contributed by atoms with E-state index in [9.17, 15) is 19.2 Å². The second kappa shape index (κ2) is 14.9. The van der Waals surface area contributed by atoms with Crippen LogP contribution in [0.2, 0.25) is 0 Å². The highest BCUT2D eigenvalue weighted by atomic mass is 32.1. The van der Waals surface area contributed by atoms with Crippen LogP contribution in [-0.2, 0) is 22.4 Å². The number of hydrogen-bond donors (Lipinski definition) is 4. The molecular weight excluding hydrogens is 643 g/mol. The van der Waals surface area contributed by atoms with Crippen LogP contribution < -0.4 is 16.0 Å². The molecule has 5 aromatic rings. The van der Waals surface area contributed by atoms with Gasteiger partial charge in [0.1, 0.15) is 23.0 Å². The molecule has 6 rings (SSSR count). The van der Waals surface area contributed by atoms with E-state index in [1.807, 2.05) is 74.6 Å². The fourth-order valence-corrected chi connectivity index (χ4v) is 6.87. The van der Waals surface area contributed by atoms with E-state index in [1.165, 1.54) is 22.5 Å². The summed E-state index contributed by atoms with van der Waals surface area (Å²) in [6.45, 7) is 5.60. The summed E-state index contributed by atoms with van der Waals surface area (Å²) < 4.78 is 5.59. The summed E-state index contributed by atoms with van der Waals surface area (Å²) in [5.41, 5.74) is 2.91. The standard InChI is InChI=1S/C36H39N7O5S/c1-21(2)13-25-17-43(32(45)15-24-16-37-27-12-8-7-11-26(24)27)18-31(44)40-28(14-23-9-5-4-6-10-23)36-42-30(20-49-36)34(47)38-22(3)35-41-29(19-48-35)33(46)39-25/h4-12,16,19-22,25,28,37H,13-15,17-18H2,1-3H3,(H,38,47)(H,39,46)(H,40,44)/t22-,25-,28-/m1/s1. The Morgan fingerprint density at radius 2 is 1.73 bits per heavy atom. The number of nitrogens with zero attached hydrogens (tertiary/aromatic N) is 3. The molecule has 1 aliphatic rings. The topological polar surface area (TPSA) is 162 Å². The maximum Gasteiger partial charge on any atom is 0.273 e. The van der Waals surface area contributed by atoms with E-state index in [2.05, 4.69) is 30.9 Å². The molecule has 0 radical (unpaired) electrons. The van der Waals surface area contributed by atoms with Gasteiger partial charge in [-0.25, -0.2) is 9.97 Å². The van der Waals surface area contributed by atoms with Crippen LogP contribution in [0.5, 0.6) is 0 Å². The maximum atomic E-state index is 14.1. The minimum absolute atomic E-state index is 0.0417. The molecule has 4 amide bonds. The van der Waals surface area contributed by atoms with Crippen molar-refractivity contribution in [3.63, 3.8) is 0 Å². The third-order valence-corrected chi connectivity index (χ3v) is 9.34. The van der Waals surface area contributed by atoms with Crippen LogP contribution in [0.4, 0.5) is 0 Å². The summed E-state index contributed by atoms with van der Waals surface area (Å²) >= 11 is 1.27. The summed E-state index contributed by atoms with van der Waals surface area (Å²) in [7, 11) is 0. The molecule has 13 heteroatoms. The lowest BCUT2D eigenvalue weighted by atomic mass is 10.0. The molecule has 3 atom stereocenters. The number of rotatable bonds is 6. The Balaban J connectivity index is 1.35. The molecule has 49 heavy (non-hydrogen) atoms. The highest BCUT2D eigenvalue weighted by Crippen LogP contribution is 2.24. The van der Waals surface area contributed by atoms with Gasteiger partial charge in [0.25, 0.3) is 11.8 Å². The van der Waals surface area contributed by atoms with Crippen molar-refractivity contribution in [2.75, 3.05) is 13.1 Å². The van der Waals surface area contributed by atoms with E-state index in [0.717, 1.165) is 22.0 Å². The van der Waals surface area contributed by atoms with Crippen LogP contribution >= 0.6 is 11.3 Å². The number of benzene rings is 2. The Labute approximate surface area is 287 Å². The molecule has 0 unspecified atom stereocenters. The number of hydrogen-bond acceptors (Lipinski definition) is 8. The highest BCUT2D eigenvalue weighted by Gasteiger charge is 2.29. The lowest BCUT2D eigenvalue weighted by Gasteiger charge is -2.29. The minimum Gasteiger partial charge on any atom is -0.446 e. The number of aromatic amines is 1. The van der Waals surface area contributed by atoms with E-state index < -0.39 is 29.9 Å². The molecule has 4 N–H and O–H groups in total. The first-order valence-electron chi connectivity index (χ1n) is 16.3. The van der Waals surface area contributed by atoms with Crippen molar-refractivity contribution < 1.29 is 23.6 Å².